The van der Waals surface area contributed by atoms with E-state index in [1.165, 1.54) is 0 Å². The van der Waals surface area contributed by atoms with Crippen molar-refractivity contribution < 1.29 is 14.6 Å². The number of halogens is 1. The van der Waals surface area contributed by atoms with Crippen molar-refractivity contribution in [3.05, 3.63) is 28.2 Å². The number of carbonyl (C=O) groups excluding carboxylic acids is 1. The number of amides is 1. The van der Waals surface area contributed by atoms with E-state index in [1.54, 1.807) is 4.90 Å². The van der Waals surface area contributed by atoms with Crippen LogP contribution in [0.5, 0.6) is 5.75 Å². The average molecular weight is 342 g/mol. The van der Waals surface area contributed by atoms with E-state index >= 15 is 0 Å². The highest BCUT2D eigenvalue weighted by Crippen LogP contribution is 2.26. The highest BCUT2D eigenvalue weighted by atomic mass is 79.9. The van der Waals surface area contributed by atoms with E-state index in [-0.39, 0.29) is 24.5 Å². The third-order valence-corrected chi connectivity index (χ3v) is 4.27. The van der Waals surface area contributed by atoms with Gasteiger partial charge in [0.15, 0.2) is 6.61 Å². The molecule has 1 saturated heterocycles. The molecule has 0 aliphatic carbocycles. The minimum absolute atomic E-state index is 0.0313. The molecule has 110 valence electrons. The molecule has 2 rings (SSSR count). The number of hydrogen-bond donors (Lipinski definition) is 1. The first kappa shape index (κ1) is 15.3. The molecule has 5 heteroatoms. The van der Waals surface area contributed by atoms with Crippen molar-refractivity contribution in [3.63, 3.8) is 0 Å². The summed E-state index contributed by atoms with van der Waals surface area (Å²) < 4.78 is 6.42. The molecule has 1 aliphatic heterocycles. The van der Waals surface area contributed by atoms with Crippen molar-refractivity contribution in [2.45, 2.75) is 26.4 Å². The number of likely N-dealkylation sites (tertiary alicyclic amines) is 1. The average Bonchev–Trinajstić information content (AvgIpc) is 2.40. The molecular formula is C15H20BrNO3. The second kappa shape index (κ2) is 6.59. The van der Waals surface area contributed by atoms with Crippen molar-refractivity contribution in [1.29, 1.82) is 0 Å². The van der Waals surface area contributed by atoms with Crippen molar-refractivity contribution in [3.8, 4) is 5.75 Å². The van der Waals surface area contributed by atoms with Gasteiger partial charge in [0.05, 0.1) is 10.6 Å². The molecule has 4 nitrogen and oxygen atoms in total. The van der Waals surface area contributed by atoms with Crippen molar-refractivity contribution in [1.82, 2.24) is 4.90 Å². The minimum atomic E-state index is -0.300. The summed E-state index contributed by atoms with van der Waals surface area (Å²) in [5, 5.41) is 9.67. The lowest BCUT2D eigenvalue weighted by Gasteiger charge is -2.34. The zero-order chi connectivity index (χ0) is 14.7. The van der Waals surface area contributed by atoms with Crippen molar-refractivity contribution in [2.75, 3.05) is 19.7 Å². The van der Waals surface area contributed by atoms with Gasteiger partial charge in [-0.05, 0) is 52.9 Å². The first-order valence-electron chi connectivity index (χ1n) is 6.82. The SMILES string of the molecule is Cc1ccc(OCC(=O)N2CCC(O)C(C)C2)c(Br)c1. The van der Waals surface area contributed by atoms with Crippen LogP contribution in [0.2, 0.25) is 0 Å². The number of aliphatic hydroxyl groups excluding tert-OH is 1. The summed E-state index contributed by atoms with van der Waals surface area (Å²) in [6.07, 6.45) is 0.340. The lowest BCUT2D eigenvalue weighted by atomic mass is 9.97. The summed E-state index contributed by atoms with van der Waals surface area (Å²) in [6.45, 7) is 5.19. The zero-order valence-corrected chi connectivity index (χ0v) is 13.4. The van der Waals surface area contributed by atoms with Crippen LogP contribution in [0.15, 0.2) is 22.7 Å². The highest BCUT2D eigenvalue weighted by molar-refractivity contribution is 9.10. The number of aliphatic hydroxyl groups is 1. The molecule has 0 bridgehead atoms. The fraction of sp³-hybridized carbons (Fsp3) is 0.533. The number of ether oxygens (including phenoxy) is 1. The van der Waals surface area contributed by atoms with Gasteiger partial charge in [0.1, 0.15) is 5.75 Å². The first-order valence-corrected chi connectivity index (χ1v) is 7.61. The van der Waals surface area contributed by atoms with Crippen LogP contribution in [0.4, 0.5) is 0 Å². The Kier molecular flexibility index (Phi) is 5.05. The quantitative estimate of drug-likeness (QED) is 0.918. The molecule has 2 unspecified atom stereocenters. The Morgan fingerprint density at radius 3 is 2.95 bits per heavy atom. The summed E-state index contributed by atoms with van der Waals surface area (Å²) >= 11 is 3.43. The van der Waals surface area contributed by atoms with E-state index < -0.39 is 0 Å². The van der Waals surface area contributed by atoms with E-state index in [4.69, 9.17) is 4.74 Å². The number of nitrogens with zero attached hydrogens (tertiary/aromatic N) is 1. The number of benzene rings is 1. The Morgan fingerprint density at radius 1 is 1.55 bits per heavy atom. The predicted octanol–water partition coefficient (Wildman–Crippen LogP) is 2.37. The summed E-state index contributed by atoms with van der Waals surface area (Å²) in [5.74, 6) is 0.768. The summed E-state index contributed by atoms with van der Waals surface area (Å²) in [5.41, 5.74) is 1.13. The normalized spacial score (nSPS) is 22.7. The summed E-state index contributed by atoms with van der Waals surface area (Å²) in [7, 11) is 0. The Labute approximate surface area is 127 Å². The number of carbonyl (C=O) groups is 1. The monoisotopic (exact) mass is 341 g/mol. The minimum Gasteiger partial charge on any atom is -0.483 e. The van der Waals surface area contributed by atoms with E-state index in [2.05, 4.69) is 15.9 Å². The maximum atomic E-state index is 12.1. The van der Waals surface area contributed by atoms with E-state index in [0.29, 0.717) is 25.3 Å². The van der Waals surface area contributed by atoms with Crippen LogP contribution in [0.25, 0.3) is 0 Å². The molecular weight excluding hydrogens is 322 g/mol. The Hall–Kier alpha value is -1.07. The number of hydrogen-bond acceptors (Lipinski definition) is 3. The Bertz CT molecular complexity index is 492. The molecule has 1 aromatic carbocycles. The summed E-state index contributed by atoms with van der Waals surface area (Å²) in [6, 6.07) is 5.76. The van der Waals surface area contributed by atoms with Crippen molar-refractivity contribution in [2.24, 2.45) is 5.92 Å². The molecule has 2 atom stereocenters. The molecule has 20 heavy (non-hydrogen) atoms. The van der Waals surface area contributed by atoms with Crippen LogP contribution >= 0.6 is 15.9 Å². The van der Waals surface area contributed by atoms with Gasteiger partial charge in [0.25, 0.3) is 5.91 Å². The number of piperidine rings is 1. The largest absolute Gasteiger partial charge is 0.483 e. The van der Waals surface area contributed by atoms with Gasteiger partial charge in [0.2, 0.25) is 0 Å². The molecule has 0 spiro atoms. The molecule has 0 saturated carbocycles. The summed E-state index contributed by atoms with van der Waals surface area (Å²) in [4.78, 5) is 13.9. The van der Waals surface area contributed by atoms with Crippen LogP contribution in [0.1, 0.15) is 18.9 Å². The second-order valence-corrected chi connectivity index (χ2v) is 6.25. The maximum absolute atomic E-state index is 12.1. The van der Waals surface area contributed by atoms with E-state index in [1.807, 2.05) is 32.0 Å². The Morgan fingerprint density at radius 2 is 2.30 bits per heavy atom. The van der Waals surface area contributed by atoms with Crippen molar-refractivity contribution >= 4 is 21.8 Å². The molecule has 1 amide bonds. The van der Waals surface area contributed by atoms with Crippen LogP contribution in [0, 0.1) is 12.8 Å². The fourth-order valence-electron chi connectivity index (χ4n) is 2.31. The third kappa shape index (κ3) is 3.73. The topological polar surface area (TPSA) is 49.8 Å². The van der Waals surface area contributed by atoms with Crippen LogP contribution < -0.4 is 4.74 Å². The van der Waals surface area contributed by atoms with Gasteiger partial charge in [0, 0.05) is 13.1 Å². The fourth-order valence-corrected chi connectivity index (χ4v) is 2.92. The van der Waals surface area contributed by atoms with Gasteiger partial charge in [-0.25, -0.2) is 0 Å². The standard InChI is InChI=1S/C15H20BrNO3/c1-10-3-4-14(12(16)7-10)20-9-15(19)17-6-5-13(18)11(2)8-17/h3-4,7,11,13,18H,5-6,8-9H2,1-2H3. The lowest BCUT2D eigenvalue weighted by molar-refractivity contribution is -0.136. The molecule has 1 N–H and O–H groups in total. The lowest BCUT2D eigenvalue weighted by Crippen LogP contribution is -2.46. The third-order valence-electron chi connectivity index (χ3n) is 3.65. The van der Waals surface area contributed by atoms with Gasteiger partial charge in [-0.3, -0.25) is 4.79 Å². The zero-order valence-electron chi connectivity index (χ0n) is 11.8. The van der Waals surface area contributed by atoms with Crippen LogP contribution in [0.3, 0.4) is 0 Å². The number of aryl methyl sites for hydroxylation is 1. The van der Waals surface area contributed by atoms with Gasteiger partial charge >= 0.3 is 0 Å². The predicted molar refractivity (Wildman–Crippen MR) is 80.7 cm³/mol. The smallest absolute Gasteiger partial charge is 0.260 e. The van der Waals surface area contributed by atoms with Gasteiger partial charge in [-0.15, -0.1) is 0 Å². The van der Waals surface area contributed by atoms with Crippen LogP contribution in [-0.2, 0) is 4.79 Å². The molecule has 0 radical (unpaired) electrons. The molecule has 0 aromatic heterocycles. The molecule has 1 aliphatic rings. The van der Waals surface area contributed by atoms with Gasteiger partial charge < -0.3 is 14.7 Å². The second-order valence-electron chi connectivity index (χ2n) is 5.40. The molecule has 1 aromatic rings. The first-order chi connectivity index (χ1) is 9.47. The highest BCUT2D eigenvalue weighted by Gasteiger charge is 2.27. The van der Waals surface area contributed by atoms with Gasteiger partial charge in [-0.2, -0.15) is 0 Å². The van der Waals surface area contributed by atoms with E-state index in [9.17, 15) is 9.90 Å². The molecule has 1 heterocycles. The maximum Gasteiger partial charge on any atom is 0.260 e. The Balaban J connectivity index is 1.89. The number of rotatable bonds is 3. The molecule has 1 fully saturated rings. The van der Waals surface area contributed by atoms with E-state index in [0.717, 1.165) is 10.0 Å². The van der Waals surface area contributed by atoms with Crippen LogP contribution in [-0.4, -0.2) is 41.7 Å². The van der Waals surface area contributed by atoms with Gasteiger partial charge in [-0.1, -0.05) is 13.0 Å².